The summed E-state index contributed by atoms with van der Waals surface area (Å²) in [6.45, 7) is 0.294. The molecule has 0 aromatic heterocycles. The summed E-state index contributed by atoms with van der Waals surface area (Å²) in [6, 6.07) is 12.3. The van der Waals surface area contributed by atoms with E-state index in [0.29, 0.717) is 34.4 Å². The van der Waals surface area contributed by atoms with E-state index >= 15 is 0 Å². The first kappa shape index (κ1) is 25.5. The molecule has 2 aliphatic heterocycles. The van der Waals surface area contributed by atoms with Crippen molar-refractivity contribution in [3.05, 3.63) is 65.7 Å². The molecule has 0 radical (unpaired) electrons. The summed E-state index contributed by atoms with van der Waals surface area (Å²) < 4.78 is 39.7. The Labute approximate surface area is 218 Å². The maximum Gasteiger partial charge on any atom is 0.326 e. The van der Waals surface area contributed by atoms with E-state index < -0.39 is 34.0 Å². The van der Waals surface area contributed by atoms with Gasteiger partial charge in [0, 0.05) is 18.5 Å². The molecule has 3 aromatic rings. The summed E-state index contributed by atoms with van der Waals surface area (Å²) in [7, 11) is -4.09. The van der Waals surface area contributed by atoms with Crippen LogP contribution in [-0.2, 0) is 26.0 Å². The Hall–Kier alpha value is -4.16. The van der Waals surface area contributed by atoms with Crippen LogP contribution in [0, 0.1) is 5.41 Å². The second-order valence-corrected chi connectivity index (χ2v) is 10.9. The SMILES string of the molecule is N=C(N)c1ccc(CC(C(=O)O)N2CCCC(NS(=O)(=O)c3ccc4cc5c(cc4c3)OCO5)C2=O)cc1. The van der Waals surface area contributed by atoms with Gasteiger partial charge < -0.3 is 25.2 Å². The summed E-state index contributed by atoms with van der Waals surface area (Å²) in [6.07, 6.45) is 0.715. The van der Waals surface area contributed by atoms with Crippen molar-refractivity contribution >= 4 is 38.5 Å². The van der Waals surface area contributed by atoms with Crippen LogP contribution in [-0.4, -0.2) is 61.6 Å². The maximum atomic E-state index is 13.3. The summed E-state index contributed by atoms with van der Waals surface area (Å²) in [4.78, 5) is 26.7. The minimum Gasteiger partial charge on any atom is -0.480 e. The van der Waals surface area contributed by atoms with Crippen LogP contribution >= 0.6 is 0 Å². The molecule has 2 aliphatic rings. The van der Waals surface area contributed by atoms with Gasteiger partial charge in [0.2, 0.25) is 22.7 Å². The fourth-order valence-electron chi connectivity index (χ4n) is 4.73. The topological polar surface area (TPSA) is 172 Å². The number of likely N-dealkylation sites (tertiary alicyclic amines) is 1. The van der Waals surface area contributed by atoms with Gasteiger partial charge in [-0.15, -0.1) is 0 Å². The van der Waals surface area contributed by atoms with E-state index in [0.717, 1.165) is 5.39 Å². The first-order chi connectivity index (χ1) is 18.1. The number of nitrogen functional groups attached to an aromatic ring is 1. The molecule has 38 heavy (non-hydrogen) atoms. The van der Waals surface area contributed by atoms with Crippen LogP contribution in [0.5, 0.6) is 11.5 Å². The van der Waals surface area contributed by atoms with E-state index in [1.165, 1.54) is 17.0 Å². The largest absolute Gasteiger partial charge is 0.480 e. The number of nitrogens with zero attached hydrogens (tertiary/aromatic N) is 1. The van der Waals surface area contributed by atoms with Crippen LogP contribution in [0.2, 0.25) is 0 Å². The average Bonchev–Trinajstić information content (AvgIpc) is 3.34. The maximum absolute atomic E-state index is 13.3. The zero-order chi connectivity index (χ0) is 27.0. The molecule has 3 aromatic carbocycles. The van der Waals surface area contributed by atoms with Gasteiger partial charge in [0.05, 0.1) is 4.90 Å². The Balaban J connectivity index is 1.34. The predicted molar refractivity (Wildman–Crippen MR) is 138 cm³/mol. The van der Waals surface area contributed by atoms with Gasteiger partial charge in [-0.25, -0.2) is 13.2 Å². The Kier molecular flexibility index (Phi) is 6.67. The molecule has 2 unspecified atom stereocenters. The van der Waals surface area contributed by atoms with Crippen molar-refractivity contribution in [2.45, 2.75) is 36.2 Å². The monoisotopic (exact) mass is 538 g/mol. The van der Waals surface area contributed by atoms with Crippen molar-refractivity contribution in [1.29, 1.82) is 5.41 Å². The molecule has 1 saturated heterocycles. The number of carboxylic acids is 1. The molecular weight excluding hydrogens is 512 g/mol. The number of hydrogen-bond donors (Lipinski definition) is 4. The molecule has 0 aliphatic carbocycles. The normalized spacial score (nSPS) is 17.9. The van der Waals surface area contributed by atoms with Crippen molar-refractivity contribution in [1.82, 2.24) is 9.62 Å². The minimum atomic E-state index is -4.09. The lowest BCUT2D eigenvalue weighted by Crippen LogP contribution is -2.57. The van der Waals surface area contributed by atoms with Gasteiger partial charge in [0.15, 0.2) is 11.5 Å². The van der Waals surface area contributed by atoms with Gasteiger partial charge >= 0.3 is 5.97 Å². The van der Waals surface area contributed by atoms with E-state index in [2.05, 4.69) is 4.72 Å². The van der Waals surface area contributed by atoms with E-state index in [1.807, 2.05) is 0 Å². The number of nitrogens with two attached hydrogens (primary N) is 1. The third kappa shape index (κ3) is 5.00. The van der Waals surface area contributed by atoms with Gasteiger partial charge in [-0.3, -0.25) is 10.2 Å². The highest BCUT2D eigenvalue weighted by Gasteiger charge is 2.38. The molecular formula is C26H26N4O7S. The molecule has 0 saturated carbocycles. The lowest BCUT2D eigenvalue weighted by molar-refractivity contribution is -0.152. The number of fused-ring (bicyclic) bond motifs is 2. The number of carbonyl (C=O) groups is 2. The first-order valence-electron chi connectivity index (χ1n) is 11.9. The number of rotatable bonds is 8. The Morgan fingerprint density at radius 1 is 1.11 bits per heavy atom. The van der Waals surface area contributed by atoms with Crippen molar-refractivity contribution in [2.24, 2.45) is 5.73 Å². The second kappa shape index (κ2) is 9.95. The molecule has 2 atom stereocenters. The standard InChI is InChI=1S/C26H26N4O7S/c27-24(28)16-5-3-15(4-6-16)10-21(26(32)33)30-9-1-2-20(25(30)31)29-38(34,35)19-8-7-17-12-22-23(37-14-36-22)13-18(17)11-19/h3-8,11-13,20-21,29H,1-2,9-10,14H2,(H3,27,28)(H,32,33). The van der Waals surface area contributed by atoms with Crippen molar-refractivity contribution in [3.63, 3.8) is 0 Å². The van der Waals surface area contributed by atoms with Crippen molar-refractivity contribution in [2.75, 3.05) is 13.3 Å². The van der Waals surface area contributed by atoms with Crippen LogP contribution in [0.25, 0.3) is 10.8 Å². The smallest absolute Gasteiger partial charge is 0.326 e. The van der Waals surface area contributed by atoms with Crippen molar-refractivity contribution in [3.8, 4) is 11.5 Å². The number of piperidine rings is 1. The highest BCUT2D eigenvalue weighted by molar-refractivity contribution is 7.89. The van der Waals surface area contributed by atoms with Crippen LogP contribution in [0.1, 0.15) is 24.0 Å². The van der Waals surface area contributed by atoms with E-state index in [9.17, 15) is 23.1 Å². The minimum absolute atomic E-state index is 0.0193. The number of sulfonamides is 1. The Morgan fingerprint density at radius 2 is 1.79 bits per heavy atom. The second-order valence-electron chi connectivity index (χ2n) is 9.23. The number of carboxylic acid groups (broad SMARTS) is 1. The molecule has 0 spiro atoms. The number of benzene rings is 3. The summed E-state index contributed by atoms with van der Waals surface area (Å²) >= 11 is 0. The van der Waals surface area contributed by atoms with E-state index in [4.69, 9.17) is 20.6 Å². The summed E-state index contributed by atoms with van der Waals surface area (Å²) in [5.74, 6) is -0.775. The third-order valence-electron chi connectivity index (χ3n) is 6.74. The molecule has 1 fully saturated rings. The van der Waals surface area contributed by atoms with Gasteiger partial charge in [-0.1, -0.05) is 30.3 Å². The van der Waals surface area contributed by atoms with Gasteiger partial charge in [0.1, 0.15) is 17.9 Å². The zero-order valence-corrected chi connectivity index (χ0v) is 21.0. The molecule has 0 bridgehead atoms. The zero-order valence-electron chi connectivity index (χ0n) is 20.2. The summed E-state index contributed by atoms with van der Waals surface area (Å²) in [5.41, 5.74) is 6.63. The molecule has 12 heteroatoms. The highest BCUT2D eigenvalue weighted by atomic mass is 32.2. The predicted octanol–water partition coefficient (Wildman–Crippen LogP) is 1.82. The molecule has 2 heterocycles. The Bertz CT molecular complexity index is 1540. The number of hydrogen-bond acceptors (Lipinski definition) is 7. The average molecular weight is 539 g/mol. The Morgan fingerprint density at radius 3 is 2.45 bits per heavy atom. The summed E-state index contributed by atoms with van der Waals surface area (Å²) in [5, 5.41) is 18.8. The molecule has 5 rings (SSSR count). The lowest BCUT2D eigenvalue weighted by Gasteiger charge is -2.36. The number of ether oxygens (including phenoxy) is 2. The highest BCUT2D eigenvalue weighted by Crippen LogP contribution is 2.36. The first-order valence-corrected chi connectivity index (χ1v) is 13.4. The van der Waals surface area contributed by atoms with Crippen LogP contribution in [0.4, 0.5) is 0 Å². The van der Waals surface area contributed by atoms with Gasteiger partial charge in [-0.2, -0.15) is 4.72 Å². The van der Waals surface area contributed by atoms with E-state index in [-0.39, 0.29) is 36.9 Å². The number of nitrogens with one attached hydrogen (secondary N) is 2. The number of amides is 1. The fraction of sp³-hybridized carbons (Fsp3) is 0.269. The van der Waals surface area contributed by atoms with Gasteiger partial charge in [0.25, 0.3) is 0 Å². The van der Waals surface area contributed by atoms with E-state index in [1.54, 1.807) is 42.5 Å². The molecule has 1 amide bonds. The number of amidine groups is 1. The van der Waals surface area contributed by atoms with Gasteiger partial charge in [-0.05, 0) is 53.4 Å². The number of aliphatic carboxylic acids is 1. The fourth-order valence-corrected chi connectivity index (χ4v) is 5.99. The molecule has 198 valence electrons. The third-order valence-corrected chi connectivity index (χ3v) is 8.21. The molecule has 5 N–H and O–H groups in total. The van der Waals surface area contributed by atoms with Crippen LogP contribution in [0.15, 0.2) is 59.5 Å². The molecule has 11 nitrogen and oxygen atoms in total. The number of carbonyl (C=O) groups excluding carboxylic acids is 1. The lowest BCUT2D eigenvalue weighted by atomic mass is 9.98. The van der Waals surface area contributed by atoms with Crippen LogP contribution in [0.3, 0.4) is 0 Å². The van der Waals surface area contributed by atoms with Crippen molar-refractivity contribution < 1.29 is 32.6 Å². The van der Waals surface area contributed by atoms with Crippen LogP contribution < -0.4 is 19.9 Å². The quantitative estimate of drug-likeness (QED) is 0.248.